The van der Waals surface area contributed by atoms with Gasteiger partial charge < -0.3 is 28.7 Å². The van der Waals surface area contributed by atoms with Gasteiger partial charge in [0.2, 0.25) is 0 Å². The highest BCUT2D eigenvalue weighted by Gasteiger charge is 2.39. The van der Waals surface area contributed by atoms with Gasteiger partial charge in [-0.1, -0.05) is 0 Å². The van der Waals surface area contributed by atoms with Gasteiger partial charge in [0.05, 0.1) is 50.8 Å². The molecule has 0 radical (unpaired) electrons. The van der Waals surface area contributed by atoms with Crippen molar-refractivity contribution in [3.05, 3.63) is 0 Å². The quantitative estimate of drug-likeness (QED) is 0.512. The maximum absolute atomic E-state index is 5.63. The van der Waals surface area contributed by atoms with Crippen LogP contribution in [0.15, 0.2) is 0 Å². The Labute approximate surface area is 206 Å². The molecule has 10 saturated heterocycles. The molecule has 196 valence electrons. The number of hydrogen-bond donors (Lipinski definition) is 0. The van der Waals surface area contributed by atoms with Crippen LogP contribution in [0.1, 0.15) is 38.5 Å². The van der Waals surface area contributed by atoms with Crippen LogP contribution in [-0.4, -0.2) is 149 Å². The second kappa shape index (κ2) is 11.4. The van der Waals surface area contributed by atoms with Crippen LogP contribution in [0, 0.1) is 0 Å². The van der Waals surface area contributed by atoms with Gasteiger partial charge in [-0.15, -0.1) is 0 Å². The number of likely N-dealkylation sites (N-methyl/N-ethyl adjacent to an activating group) is 4. The number of morpholine rings is 4. The van der Waals surface area contributed by atoms with Gasteiger partial charge in [-0.2, -0.15) is 0 Å². The Bertz CT molecular complexity index is 598. The third kappa shape index (κ3) is 6.14. The molecule has 10 aliphatic heterocycles. The van der Waals surface area contributed by atoms with Crippen LogP contribution in [0.2, 0.25) is 0 Å². The Morgan fingerprint density at radius 3 is 1.21 bits per heavy atom. The standard InChI is InChI=1S/2C7H13NO.2C6H11NO/c1-8-6-2-3-7(8)5-9-4-6;1-8-4-6-2-3-7(5-8)9-6;1-7-5-2-6(7)4-8-3-5;1-7-3-5-2-6(4-7)8-5/h2*6-7H,2-5H2,1H3;2*5-6H,2-4H2,1H3. The molecule has 0 amide bonds. The number of fused-ring (bicyclic) bond motifs is 8. The molecule has 8 heteroatoms. The predicted octanol–water partition coefficient (Wildman–Crippen LogP) is 1.14. The van der Waals surface area contributed by atoms with Gasteiger partial charge >= 0.3 is 0 Å². The lowest BCUT2D eigenvalue weighted by molar-refractivity contribution is -0.175. The van der Waals surface area contributed by atoms with Crippen LogP contribution in [0.25, 0.3) is 0 Å². The van der Waals surface area contributed by atoms with Gasteiger partial charge in [0.1, 0.15) is 0 Å². The number of rotatable bonds is 0. The third-order valence-electron chi connectivity index (χ3n) is 9.09. The molecule has 0 N–H and O–H groups in total. The van der Waals surface area contributed by atoms with E-state index in [0.29, 0.717) is 24.4 Å². The van der Waals surface area contributed by atoms with Crippen molar-refractivity contribution in [1.82, 2.24) is 19.6 Å². The second-order valence-corrected chi connectivity index (χ2v) is 11.8. The van der Waals surface area contributed by atoms with Gasteiger partial charge in [0, 0.05) is 56.8 Å². The van der Waals surface area contributed by atoms with Crippen molar-refractivity contribution >= 4 is 0 Å². The van der Waals surface area contributed by atoms with Gasteiger partial charge in [-0.25, -0.2) is 0 Å². The minimum Gasteiger partial charge on any atom is -0.378 e. The summed E-state index contributed by atoms with van der Waals surface area (Å²) in [6.07, 6.45) is 10.2. The maximum Gasteiger partial charge on any atom is 0.0731 e. The predicted molar refractivity (Wildman–Crippen MR) is 132 cm³/mol. The van der Waals surface area contributed by atoms with Crippen molar-refractivity contribution in [3.8, 4) is 0 Å². The molecule has 10 fully saturated rings. The number of piperidine rings is 1. The number of nitrogens with zero attached hydrogens (tertiary/aromatic N) is 4. The first-order valence-corrected chi connectivity index (χ1v) is 13.7. The molecule has 0 aromatic rings. The fourth-order valence-electron chi connectivity index (χ4n) is 6.73. The molecule has 8 nitrogen and oxygen atoms in total. The van der Waals surface area contributed by atoms with Crippen molar-refractivity contribution in [1.29, 1.82) is 0 Å². The molecule has 0 spiro atoms. The molecule has 0 aromatic carbocycles. The molecule has 8 bridgehead atoms. The average molecular weight is 481 g/mol. The highest BCUT2D eigenvalue weighted by Crippen LogP contribution is 2.28. The van der Waals surface area contributed by atoms with Gasteiger partial charge in [-0.3, -0.25) is 9.80 Å². The van der Waals surface area contributed by atoms with Crippen LogP contribution in [0.5, 0.6) is 0 Å². The molecule has 0 aliphatic carbocycles. The van der Waals surface area contributed by atoms with Crippen molar-refractivity contribution in [3.63, 3.8) is 0 Å². The molecule has 0 aromatic heterocycles. The molecule has 8 atom stereocenters. The molecule has 34 heavy (non-hydrogen) atoms. The maximum atomic E-state index is 5.63. The van der Waals surface area contributed by atoms with Gasteiger partial charge in [-0.05, 0) is 60.3 Å². The molecule has 10 rings (SSSR count). The summed E-state index contributed by atoms with van der Waals surface area (Å²) in [6.45, 7) is 8.46. The highest BCUT2D eigenvalue weighted by atomic mass is 16.5. The Morgan fingerprint density at radius 2 is 0.853 bits per heavy atom. The Balaban J connectivity index is 0.0000000945. The monoisotopic (exact) mass is 480 g/mol. The fraction of sp³-hybridized carbons (Fsp3) is 1.00. The first kappa shape index (κ1) is 25.3. The van der Waals surface area contributed by atoms with E-state index in [1.165, 1.54) is 38.5 Å². The van der Waals surface area contributed by atoms with E-state index in [1.54, 1.807) is 0 Å². The first-order valence-electron chi connectivity index (χ1n) is 13.7. The Kier molecular flexibility index (Phi) is 8.48. The zero-order valence-corrected chi connectivity index (χ0v) is 21.9. The molecular formula is C26H48N4O4. The third-order valence-corrected chi connectivity index (χ3v) is 9.09. The topological polar surface area (TPSA) is 49.9 Å². The fourth-order valence-corrected chi connectivity index (χ4v) is 6.73. The van der Waals surface area contributed by atoms with E-state index in [2.05, 4.69) is 47.8 Å². The van der Waals surface area contributed by atoms with E-state index in [0.717, 1.165) is 76.8 Å². The molecule has 10 aliphatic rings. The van der Waals surface area contributed by atoms with Crippen molar-refractivity contribution in [2.24, 2.45) is 0 Å². The summed E-state index contributed by atoms with van der Waals surface area (Å²) in [4.78, 5) is 9.57. The van der Waals surface area contributed by atoms with E-state index in [9.17, 15) is 0 Å². The smallest absolute Gasteiger partial charge is 0.0731 e. The van der Waals surface area contributed by atoms with E-state index in [1.807, 2.05) is 0 Å². The summed E-state index contributed by atoms with van der Waals surface area (Å²) in [6, 6.07) is 3.00. The molecule has 0 saturated carbocycles. The summed E-state index contributed by atoms with van der Waals surface area (Å²) in [7, 11) is 8.72. The minimum absolute atomic E-state index is 0.564. The zero-order chi connectivity index (χ0) is 23.7. The molecule has 10 heterocycles. The zero-order valence-electron chi connectivity index (χ0n) is 21.9. The van der Waals surface area contributed by atoms with E-state index >= 15 is 0 Å². The molecular weight excluding hydrogens is 432 g/mol. The normalized spacial score (nSPS) is 44.8. The minimum atomic E-state index is 0.564. The average Bonchev–Trinajstić information content (AvgIpc) is 3.23. The van der Waals surface area contributed by atoms with E-state index in [-0.39, 0.29) is 0 Å². The van der Waals surface area contributed by atoms with E-state index in [4.69, 9.17) is 18.9 Å². The SMILES string of the molecule is CN1C2CCC1COC2.CN1C2COCC1C2.CN1CC2CC(C1)O2.CN1CC2CCC(C1)O2. The van der Waals surface area contributed by atoms with Crippen molar-refractivity contribution < 1.29 is 18.9 Å². The summed E-state index contributed by atoms with van der Waals surface area (Å²) < 4.78 is 21.7. The van der Waals surface area contributed by atoms with Gasteiger partial charge in [0.15, 0.2) is 0 Å². The summed E-state index contributed by atoms with van der Waals surface area (Å²) in [5.74, 6) is 0. The molecule has 8 unspecified atom stereocenters. The lowest BCUT2D eigenvalue weighted by Crippen LogP contribution is -2.61. The number of ether oxygens (including phenoxy) is 4. The van der Waals surface area contributed by atoms with Crippen LogP contribution in [0.4, 0.5) is 0 Å². The van der Waals surface area contributed by atoms with Crippen LogP contribution in [-0.2, 0) is 18.9 Å². The summed E-state index contributed by atoms with van der Waals surface area (Å²) in [5, 5.41) is 0. The lowest BCUT2D eigenvalue weighted by atomic mass is 9.93. The largest absolute Gasteiger partial charge is 0.378 e. The van der Waals surface area contributed by atoms with Crippen LogP contribution < -0.4 is 0 Å². The van der Waals surface area contributed by atoms with Crippen molar-refractivity contribution in [2.75, 3.05) is 80.8 Å². The number of likely N-dealkylation sites (tertiary alicyclic amines) is 1. The summed E-state index contributed by atoms with van der Waals surface area (Å²) >= 11 is 0. The second-order valence-electron chi connectivity index (χ2n) is 11.8. The Hall–Kier alpha value is -0.320. The lowest BCUT2D eigenvalue weighted by Gasteiger charge is -2.50. The Morgan fingerprint density at radius 1 is 0.471 bits per heavy atom. The van der Waals surface area contributed by atoms with Crippen LogP contribution >= 0.6 is 0 Å². The highest BCUT2D eigenvalue weighted by molar-refractivity contribution is 4.93. The first-order chi connectivity index (χ1) is 16.4. The summed E-state index contributed by atoms with van der Waals surface area (Å²) in [5.41, 5.74) is 0. The van der Waals surface area contributed by atoms with Crippen LogP contribution in [0.3, 0.4) is 0 Å². The van der Waals surface area contributed by atoms with Crippen molar-refractivity contribution in [2.45, 2.75) is 87.1 Å². The number of hydrogen-bond acceptors (Lipinski definition) is 8. The van der Waals surface area contributed by atoms with E-state index < -0.39 is 0 Å². The van der Waals surface area contributed by atoms with Gasteiger partial charge in [0.25, 0.3) is 0 Å².